The maximum absolute atomic E-state index is 11.8. The molecule has 0 saturated heterocycles. The Hall–Kier alpha value is -1.75. The first kappa shape index (κ1) is 17.3. The highest BCUT2D eigenvalue weighted by Gasteiger charge is 2.12. The third kappa shape index (κ3) is 5.63. The van der Waals surface area contributed by atoms with Gasteiger partial charge in [0.1, 0.15) is 11.5 Å². The lowest BCUT2D eigenvalue weighted by Crippen LogP contribution is -2.36. The minimum Gasteiger partial charge on any atom is -0.497 e. The second-order valence-corrected chi connectivity index (χ2v) is 5.24. The average Bonchev–Trinajstić information content (AvgIpc) is 2.44. The van der Waals surface area contributed by atoms with Crippen LogP contribution in [0.2, 0.25) is 0 Å². The Morgan fingerprint density at radius 1 is 1.38 bits per heavy atom. The van der Waals surface area contributed by atoms with Crippen LogP contribution in [0.3, 0.4) is 0 Å². The lowest BCUT2D eigenvalue weighted by Gasteiger charge is -2.16. The van der Waals surface area contributed by atoms with Gasteiger partial charge in [-0.2, -0.15) is 0 Å². The third-order valence-corrected chi connectivity index (χ3v) is 3.20. The number of benzene rings is 1. The molecule has 3 N–H and O–H groups in total. The number of nitrogens with two attached hydrogens (primary N) is 1. The van der Waals surface area contributed by atoms with Crippen molar-refractivity contribution in [3.8, 4) is 11.5 Å². The van der Waals surface area contributed by atoms with Gasteiger partial charge < -0.3 is 20.5 Å². The molecule has 5 nitrogen and oxygen atoms in total. The van der Waals surface area contributed by atoms with Crippen LogP contribution in [0.4, 0.5) is 0 Å². The average molecular weight is 294 g/mol. The van der Waals surface area contributed by atoms with Gasteiger partial charge in [0, 0.05) is 23.7 Å². The molecule has 0 aliphatic heterocycles. The number of nitrogens with one attached hydrogen (secondary N) is 1. The summed E-state index contributed by atoms with van der Waals surface area (Å²) in [7, 11) is 1.59. The van der Waals surface area contributed by atoms with Crippen LogP contribution in [0.25, 0.3) is 0 Å². The van der Waals surface area contributed by atoms with Crippen molar-refractivity contribution in [1.82, 2.24) is 5.32 Å². The highest BCUT2D eigenvalue weighted by atomic mass is 16.5. The Morgan fingerprint density at radius 3 is 2.67 bits per heavy atom. The molecule has 2 unspecified atom stereocenters. The summed E-state index contributed by atoms with van der Waals surface area (Å²) in [5, 5.41) is 2.90. The SMILES string of the molecule is CCCC(C)NC(=O)COc1cc(OC)ccc1C(C)N. The van der Waals surface area contributed by atoms with Crippen molar-refractivity contribution in [2.75, 3.05) is 13.7 Å². The monoisotopic (exact) mass is 294 g/mol. The van der Waals surface area contributed by atoms with E-state index < -0.39 is 0 Å². The van der Waals surface area contributed by atoms with Gasteiger partial charge in [-0.05, 0) is 26.3 Å². The van der Waals surface area contributed by atoms with Crippen LogP contribution in [0.15, 0.2) is 18.2 Å². The molecule has 21 heavy (non-hydrogen) atoms. The van der Waals surface area contributed by atoms with E-state index in [0.29, 0.717) is 11.5 Å². The predicted molar refractivity (Wildman–Crippen MR) is 83.6 cm³/mol. The molecule has 0 saturated carbocycles. The molecule has 0 aliphatic carbocycles. The molecule has 0 aromatic heterocycles. The summed E-state index contributed by atoms with van der Waals surface area (Å²) in [5.41, 5.74) is 6.76. The van der Waals surface area contributed by atoms with E-state index in [1.165, 1.54) is 0 Å². The molecule has 1 amide bonds. The molecule has 0 radical (unpaired) electrons. The van der Waals surface area contributed by atoms with Crippen molar-refractivity contribution < 1.29 is 14.3 Å². The van der Waals surface area contributed by atoms with Crippen LogP contribution in [0.1, 0.15) is 45.2 Å². The maximum atomic E-state index is 11.8. The number of rotatable bonds is 8. The molecular weight excluding hydrogens is 268 g/mol. The Bertz CT molecular complexity index is 461. The predicted octanol–water partition coefficient (Wildman–Crippen LogP) is 2.40. The topological polar surface area (TPSA) is 73.6 Å². The zero-order chi connectivity index (χ0) is 15.8. The summed E-state index contributed by atoms with van der Waals surface area (Å²) in [4.78, 5) is 11.8. The summed E-state index contributed by atoms with van der Waals surface area (Å²) in [6, 6.07) is 5.42. The van der Waals surface area contributed by atoms with E-state index in [2.05, 4.69) is 12.2 Å². The highest BCUT2D eigenvalue weighted by Crippen LogP contribution is 2.28. The molecule has 1 rings (SSSR count). The van der Waals surface area contributed by atoms with E-state index >= 15 is 0 Å². The summed E-state index contributed by atoms with van der Waals surface area (Å²) < 4.78 is 10.8. The Balaban J connectivity index is 2.67. The summed E-state index contributed by atoms with van der Waals surface area (Å²) in [6.45, 7) is 5.92. The van der Waals surface area contributed by atoms with Crippen LogP contribution < -0.4 is 20.5 Å². The third-order valence-electron chi connectivity index (χ3n) is 3.20. The largest absolute Gasteiger partial charge is 0.497 e. The fraction of sp³-hybridized carbons (Fsp3) is 0.562. The zero-order valence-corrected chi connectivity index (χ0v) is 13.3. The van der Waals surface area contributed by atoms with Crippen LogP contribution in [0.5, 0.6) is 11.5 Å². The molecule has 0 bridgehead atoms. The number of amides is 1. The smallest absolute Gasteiger partial charge is 0.258 e. The first-order chi connectivity index (χ1) is 9.97. The van der Waals surface area contributed by atoms with E-state index in [-0.39, 0.29) is 24.6 Å². The van der Waals surface area contributed by atoms with Crippen molar-refractivity contribution in [2.45, 2.75) is 45.7 Å². The Morgan fingerprint density at radius 2 is 2.10 bits per heavy atom. The van der Waals surface area contributed by atoms with Gasteiger partial charge in [-0.25, -0.2) is 0 Å². The summed E-state index contributed by atoms with van der Waals surface area (Å²) in [5.74, 6) is 1.13. The fourth-order valence-corrected chi connectivity index (χ4v) is 2.11. The molecule has 2 atom stereocenters. The molecule has 0 aliphatic rings. The van der Waals surface area contributed by atoms with Gasteiger partial charge in [0.2, 0.25) is 0 Å². The second-order valence-electron chi connectivity index (χ2n) is 5.24. The van der Waals surface area contributed by atoms with Gasteiger partial charge in [-0.15, -0.1) is 0 Å². The number of carbonyl (C=O) groups is 1. The standard InChI is InChI=1S/C16H26N2O3/c1-5-6-11(2)18-16(19)10-21-15-9-13(20-4)7-8-14(15)12(3)17/h7-9,11-12H,5-6,10,17H2,1-4H3,(H,18,19). The van der Waals surface area contributed by atoms with Crippen LogP contribution in [-0.2, 0) is 4.79 Å². The zero-order valence-electron chi connectivity index (χ0n) is 13.3. The number of ether oxygens (including phenoxy) is 2. The van der Waals surface area contributed by atoms with Crippen molar-refractivity contribution in [2.24, 2.45) is 5.73 Å². The fourth-order valence-electron chi connectivity index (χ4n) is 2.11. The summed E-state index contributed by atoms with van der Waals surface area (Å²) in [6.07, 6.45) is 1.99. The van der Waals surface area contributed by atoms with E-state index in [9.17, 15) is 4.79 Å². The van der Waals surface area contributed by atoms with Crippen molar-refractivity contribution in [1.29, 1.82) is 0 Å². The van der Waals surface area contributed by atoms with Crippen LogP contribution in [0, 0.1) is 0 Å². The van der Waals surface area contributed by atoms with Crippen molar-refractivity contribution in [3.05, 3.63) is 23.8 Å². The molecule has 118 valence electrons. The van der Waals surface area contributed by atoms with Gasteiger partial charge >= 0.3 is 0 Å². The minimum absolute atomic E-state index is 0.0268. The Labute approximate surface area is 126 Å². The van der Waals surface area contributed by atoms with Gasteiger partial charge in [0.05, 0.1) is 7.11 Å². The van der Waals surface area contributed by atoms with Gasteiger partial charge in [0.15, 0.2) is 6.61 Å². The second kappa shape index (κ2) is 8.52. The van der Waals surface area contributed by atoms with Crippen LogP contribution in [-0.4, -0.2) is 25.7 Å². The number of carbonyl (C=O) groups excluding carboxylic acids is 1. The van der Waals surface area contributed by atoms with E-state index in [1.807, 2.05) is 26.0 Å². The van der Waals surface area contributed by atoms with Crippen LogP contribution >= 0.6 is 0 Å². The minimum atomic E-state index is -0.173. The first-order valence-corrected chi connectivity index (χ1v) is 7.33. The number of hydrogen-bond donors (Lipinski definition) is 2. The van der Waals surface area contributed by atoms with Gasteiger partial charge in [0.25, 0.3) is 5.91 Å². The van der Waals surface area contributed by atoms with E-state index in [1.54, 1.807) is 13.2 Å². The lowest BCUT2D eigenvalue weighted by atomic mass is 10.1. The highest BCUT2D eigenvalue weighted by molar-refractivity contribution is 5.77. The first-order valence-electron chi connectivity index (χ1n) is 7.33. The van der Waals surface area contributed by atoms with Crippen molar-refractivity contribution in [3.63, 3.8) is 0 Å². The van der Waals surface area contributed by atoms with E-state index in [0.717, 1.165) is 18.4 Å². The molecule has 1 aromatic rings. The van der Waals surface area contributed by atoms with Gasteiger partial charge in [-0.1, -0.05) is 19.4 Å². The number of hydrogen-bond acceptors (Lipinski definition) is 4. The summed E-state index contributed by atoms with van der Waals surface area (Å²) >= 11 is 0. The molecular formula is C16H26N2O3. The normalized spacial score (nSPS) is 13.4. The molecule has 5 heteroatoms. The quantitative estimate of drug-likeness (QED) is 0.772. The molecule has 1 aromatic carbocycles. The molecule has 0 spiro atoms. The number of methoxy groups -OCH3 is 1. The van der Waals surface area contributed by atoms with Crippen molar-refractivity contribution >= 4 is 5.91 Å². The Kier molecular flexibility index (Phi) is 7.02. The van der Waals surface area contributed by atoms with Gasteiger partial charge in [-0.3, -0.25) is 4.79 Å². The van der Waals surface area contributed by atoms with E-state index in [4.69, 9.17) is 15.2 Å². The lowest BCUT2D eigenvalue weighted by molar-refractivity contribution is -0.123. The molecule has 0 fully saturated rings. The molecule has 0 heterocycles. The maximum Gasteiger partial charge on any atom is 0.258 e.